The summed E-state index contributed by atoms with van der Waals surface area (Å²) in [5, 5.41) is 8.25. The summed E-state index contributed by atoms with van der Waals surface area (Å²) in [6.07, 6.45) is 5.29. The Labute approximate surface area is 121 Å². The van der Waals surface area contributed by atoms with Gasteiger partial charge in [0.25, 0.3) is 0 Å². The number of hydrogen-bond acceptors (Lipinski definition) is 3. The number of imidazole rings is 1. The quantitative estimate of drug-likeness (QED) is 0.775. The summed E-state index contributed by atoms with van der Waals surface area (Å²) in [6, 6.07) is 7.61. The molecule has 0 saturated heterocycles. The SMILES string of the molecule is Cc1[nH]cnc1CNc1cccc(Cl)c1-n1cccn1. The van der Waals surface area contributed by atoms with Crippen LogP contribution in [-0.4, -0.2) is 19.7 Å². The topological polar surface area (TPSA) is 58.5 Å². The van der Waals surface area contributed by atoms with Gasteiger partial charge in [0.15, 0.2) is 0 Å². The molecule has 2 aromatic heterocycles. The molecule has 0 atom stereocenters. The Morgan fingerprint density at radius 3 is 2.95 bits per heavy atom. The van der Waals surface area contributed by atoms with Crippen LogP contribution in [0.3, 0.4) is 0 Å². The van der Waals surface area contributed by atoms with E-state index in [1.54, 1.807) is 17.2 Å². The van der Waals surface area contributed by atoms with E-state index in [2.05, 4.69) is 20.4 Å². The molecule has 0 aliphatic carbocycles. The Kier molecular flexibility index (Phi) is 3.43. The van der Waals surface area contributed by atoms with Gasteiger partial charge in [-0.2, -0.15) is 5.10 Å². The number of H-pyrrole nitrogens is 1. The van der Waals surface area contributed by atoms with Crippen molar-refractivity contribution in [2.45, 2.75) is 13.5 Å². The largest absolute Gasteiger partial charge is 0.378 e. The highest BCUT2D eigenvalue weighted by Gasteiger charge is 2.10. The fourth-order valence-electron chi connectivity index (χ4n) is 2.04. The van der Waals surface area contributed by atoms with Gasteiger partial charge >= 0.3 is 0 Å². The maximum Gasteiger partial charge on any atom is 0.106 e. The molecule has 0 bridgehead atoms. The standard InChI is InChI=1S/C14H14ClN5/c1-10-13(18-9-17-10)8-16-12-5-2-4-11(15)14(12)20-7-3-6-19-20/h2-7,9,16H,8H2,1H3,(H,17,18). The minimum Gasteiger partial charge on any atom is -0.378 e. The summed E-state index contributed by atoms with van der Waals surface area (Å²) in [6.45, 7) is 2.63. The van der Waals surface area contributed by atoms with E-state index in [1.807, 2.05) is 37.4 Å². The normalized spacial score (nSPS) is 10.7. The van der Waals surface area contributed by atoms with Crippen molar-refractivity contribution in [3.05, 3.63) is 59.4 Å². The van der Waals surface area contributed by atoms with E-state index in [0.29, 0.717) is 11.6 Å². The molecule has 0 fully saturated rings. The van der Waals surface area contributed by atoms with Crippen LogP contribution in [0.25, 0.3) is 5.69 Å². The predicted octanol–water partition coefficient (Wildman–Crippen LogP) is 3.17. The Bertz CT molecular complexity index is 702. The van der Waals surface area contributed by atoms with Crippen molar-refractivity contribution in [2.24, 2.45) is 0 Å². The van der Waals surface area contributed by atoms with Crippen molar-refractivity contribution in [3.63, 3.8) is 0 Å². The summed E-state index contributed by atoms with van der Waals surface area (Å²) >= 11 is 6.29. The average Bonchev–Trinajstić information content (AvgIpc) is 3.08. The number of aromatic nitrogens is 4. The van der Waals surface area contributed by atoms with Gasteiger partial charge in [0, 0.05) is 18.1 Å². The molecule has 20 heavy (non-hydrogen) atoms. The molecular formula is C14H14ClN5. The highest BCUT2D eigenvalue weighted by Crippen LogP contribution is 2.28. The van der Waals surface area contributed by atoms with Gasteiger partial charge in [0.05, 0.1) is 29.3 Å². The van der Waals surface area contributed by atoms with E-state index >= 15 is 0 Å². The highest BCUT2D eigenvalue weighted by atomic mass is 35.5. The van der Waals surface area contributed by atoms with Gasteiger partial charge in [-0.1, -0.05) is 17.7 Å². The first-order valence-electron chi connectivity index (χ1n) is 6.27. The molecule has 6 heteroatoms. The molecule has 5 nitrogen and oxygen atoms in total. The summed E-state index contributed by atoms with van der Waals surface area (Å²) in [7, 11) is 0. The second kappa shape index (κ2) is 5.38. The predicted molar refractivity (Wildman–Crippen MR) is 79.2 cm³/mol. The monoisotopic (exact) mass is 287 g/mol. The van der Waals surface area contributed by atoms with Crippen LogP contribution in [-0.2, 0) is 6.54 Å². The molecule has 3 aromatic rings. The zero-order chi connectivity index (χ0) is 13.9. The van der Waals surface area contributed by atoms with E-state index in [1.165, 1.54) is 0 Å². The zero-order valence-corrected chi connectivity index (χ0v) is 11.7. The van der Waals surface area contributed by atoms with Crippen LogP contribution >= 0.6 is 11.6 Å². The third-order valence-corrected chi connectivity index (χ3v) is 3.41. The second-order valence-corrected chi connectivity index (χ2v) is 4.82. The molecule has 3 rings (SSSR count). The maximum absolute atomic E-state index is 6.29. The third-order valence-electron chi connectivity index (χ3n) is 3.10. The van der Waals surface area contributed by atoms with Crippen LogP contribution in [0.15, 0.2) is 43.0 Å². The number of halogens is 1. The Balaban J connectivity index is 1.90. The van der Waals surface area contributed by atoms with Crippen LogP contribution < -0.4 is 5.32 Å². The van der Waals surface area contributed by atoms with Crippen molar-refractivity contribution in [1.82, 2.24) is 19.7 Å². The molecule has 2 N–H and O–H groups in total. The van der Waals surface area contributed by atoms with Gasteiger partial charge in [0.1, 0.15) is 5.69 Å². The fraction of sp³-hybridized carbons (Fsp3) is 0.143. The molecule has 1 aromatic carbocycles. The van der Waals surface area contributed by atoms with Crippen molar-refractivity contribution >= 4 is 17.3 Å². The van der Waals surface area contributed by atoms with Crippen LogP contribution in [0.4, 0.5) is 5.69 Å². The van der Waals surface area contributed by atoms with Crippen LogP contribution in [0.5, 0.6) is 0 Å². The van der Waals surface area contributed by atoms with Crippen molar-refractivity contribution in [1.29, 1.82) is 0 Å². The lowest BCUT2D eigenvalue weighted by atomic mass is 10.2. The van der Waals surface area contributed by atoms with Crippen molar-refractivity contribution < 1.29 is 0 Å². The van der Waals surface area contributed by atoms with E-state index < -0.39 is 0 Å². The van der Waals surface area contributed by atoms with Crippen LogP contribution in [0, 0.1) is 6.92 Å². The summed E-state index contributed by atoms with van der Waals surface area (Å²) in [4.78, 5) is 7.34. The summed E-state index contributed by atoms with van der Waals surface area (Å²) in [5.41, 5.74) is 3.80. The van der Waals surface area contributed by atoms with E-state index in [-0.39, 0.29) is 0 Å². The second-order valence-electron chi connectivity index (χ2n) is 4.41. The fourth-order valence-corrected chi connectivity index (χ4v) is 2.30. The Morgan fingerprint density at radius 2 is 2.25 bits per heavy atom. The van der Waals surface area contributed by atoms with Gasteiger partial charge < -0.3 is 10.3 Å². The summed E-state index contributed by atoms with van der Waals surface area (Å²) < 4.78 is 1.75. The number of nitrogens with zero attached hydrogens (tertiary/aromatic N) is 3. The molecular weight excluding hydrogens is 274 g/mol. The van der Waals surface area contributed by atoms with Crippen LogP contribution in [0.2, 0.25) is 5.02 Å². The maximum atomic E-state index is 6.29. The Hall–Kier alpha value is -2.27. The minimum absolute atomic E-state index is 0.629. The smallest absolute Gasteiger partial charge is 0.106 e. The highest BCUT2D eigenvalue weighted by molar-refractivity contribution is 6.33. The molecule has 102 valence electrons. The molecule has 0 unspecified atom stereocenters. The number of para-hydroxylation sites is 1. The number of benzene rings is 1. The number of aryl methyl sites for hydroxylation is 1. The molecule has 0 amide bonds. The van der Waals surface area contributed by atoms with E-state index in [4.69, 9.17) is 11.6 Å². The molecule has 0 aliphatic rings. The number of nitrogens with one attached hydrogen (secondary N) is 2. The molecule has 0 spiro atoms. The number of anilines is 1. The molecule has 0 radical (unpaired) electrons. The minimum atomic E-state index is 0.629. The van der Waals surface area contributed by atoms with Gasteiger partial charge in [0.2, 0.25) is 0 Å². The van der Waals surface area contributed by atoms with E-state index in [9.17, 15) is 0 Å². The van der Waals surface area contributed by atoms with Crippen molar-refractivity contribution in [2.75, 3.05) is 5.32 Å². The van der Waals surface area contributed by atoms with Gasteiger partial charge in [-0.15, -0.1) is 0 Å². The average molecular weight is 288 g/mol. The van der Waals surface area contributed by atoms with Gasteiger partial charge in [-0.05, 0) is 25.1 Å². The molecule has 0 aliphatic heterocycles. The summed E-state index contributed by atoms with van der Waals surface area (Å²) in [5.74, 6) is 0. The number of rotatable bonds is 4. The number of aromatic amines is 1. The number of hydrogen-bond donors (Lipinski definition) is 2. The van der Waals surface area contributed by atoms with Crippen molar-refractivity contribution in [3.8, 4) is 5.69 Å². The molecule has 2 heterocycles. The first kappa shape index (κ1) is 12.7. The first-order chi connectivity index (χ1) is 9.75. The van der Waals surface area contributed by atoms with Gasteiger partial charge in [-0.3, -0.25) is 0 Å². The zero-order valence-electron chi connectivity index (χ0n) is 11.0. The lowest BCUT2D eigenvalue weighted by Gasteiger charge is -2.13. The van der Waals surface area contributed by atoms with Gasteiger partial charge in [-0.25, -0.2) is 9.67 Å². The Morgan fingerprint density at radius 1 is 1.35 bits per heavy atom. The third kappa shape index (κ3) is 2.40. The first-order valence-corrected chi connectivity index (χ1v) is 6.65. The van der Waals surface area contributed by atoms with Crippen LogP contribution in [0.1, 0.15) is 11.4 Å². The van der Waals surface area contributed by atoms with E-state index in [0.717, 1.165) is 22.8 Å². The lowest BCUT2D eigenvalue weighted by molar-refractivity contribution is 0.878. The molecule has 0 saturated carbocycles. The lowest BCUT2D eigenvalue weighted by Crippen LogP contribution is -2.06.